The molecule has 0 saturated carbocycles. The lowest BCUT2D eigenvalue weighted by Crippen LogP contribution is -2.12. The summed E-state index contributed by atoms with van der Waals surface area (Å²) in [5, 5.41) is 9.78. The number of nitrogens with zero attached hydrogens (tertiary/aromatic N) is 4. The second-order valence-electron chi connectivity index (χ2n) is 5.05. The van der Waals surface area contributed by atoms with Crippen LogP contribution in [0.2, 0.25) is 0 Å². The predicted molar refractivity (Wildman–Crippen MR) is 89.6 cm³/mol. The summed E-state index contributed by atoms with van der Waals surface area (Å²) in [7, 11) is 0. The molecule has 0 atom stereocenters. The number of aromatic nitrogens is 4. The molecule has 114 valence electrons. The van der Waals surface area contributed by atoms with Crippen molar-refractivity contribution < 1.29 is 0 Å². The number of hydrogen-bond acceptors (Lipinski definition) is 6. The molecular formula is C15H18N6S. The summed E-state index contributed by atoms with van der Waals surface area (Å²) in [5.41, 5.74) is 8.65. The first-order chi connectivity index (χ1) is 10.6. The first-order valence-corrected chi connectivity index (χ1v) is 7.93. The Balaban J connectivity index is 1.78. The number of anilines is 2. The molecule has 3 aromatic heterocycles. The Morgan fingerprint density at radius 1 is 1.32 bits per heavy atom. The molecule has 22 heavy (non-hydrogen) atoms. The second-order valence-corrected chi connectivity index (χ2v) is 6.09. The molecule has 0 amide bonds. The SMILES string of the molecule is Cc1cc(C)n(-c2ncnc(NCCc3cccs3)c2N)n1. The van der Waals surface area contributed by atoms with Crippen molar-refractivity contribution in [2.24, 2.45) is 0 Å². The highest BCUT2D eigenvalue weighted by atomic mass is 32.1. The minimum atomic E-state index is 0.514. The van der Waals surface area contributed by atoms with Crippen LogP contribution in [0.5, 0.6) is 0 Å². The third kappa shape index (κ3) is 2.94. The first kappa shape index (κ1) is 14.5. The van der Waals surface area contributed by atoms with E-state index in [9.17, 15) is 0 Å². The van der Waals surface area contributed by atoms with E-state index in [4.69, 9.17) is 5.73 Å². The quantitative estimate of drug-likeness (QED) is 0.756. The maximum absolute atomic E-state index is 6.21. The van der Waals surface area contributed by atoms with Crippen molar-refractivity contribution in [3.8, 4) is 5.82 Å². The highest BCUT2D eigenvalue weighted by Crippen LogP contribution is 2.22. The first-order valence-electron chi connectivity index (χ1n) is 7.05. The molecule has 0 radical (unpaired) electrons. The molecule has 0 fully saturated rings. The molecular weight excluding hydrogens is 296 g/mol. The molecule has 3 N–H and O–H groups in total. The zero-order valence-corrected chi connectivity index (χ0v) is 13.4. The molecule has 0 unspecified atom stereocenters. The minimum absolute atomic E-state index is 0.514. The zero-order chi connectivity index (χ0) is 15.5. The number of nitrogen functional groups attached to an aromatic ring is 1. The van der Waals surface area contributed by atoms with Crippen molar-refractivity contribution >= 4 is 22.8 Å². The van der Waals surface area contributed by atoms with Crippen LogP contribution in [0, 0.1) is 13.8 Å². The number of thiophene rings is 1. The summed E-state index contributed by atoms with van der Waals surface area (Å²) >= 11 is 1.75. The summed E-state index contributed by atoms with van der Waals surface area (Å²) in [6, 6.07) is 6.17. The van der Waals surface area contributed by atoms with E-state index < -0.39 is 0 Å². The Morgan fingerprint density at radius 2 is 2.18 bits per heavy atom. The van der Waals surface area contributed by atoms with E-state index in [0.717, 1.165) is 24.4 Å². The number of nitrogens with one attached hydrogen (secondary N) is 1. The topological polar surface area (TPSA) is 81.7 Å². The van der Waals surface area contributed by atoms with Gasteiger partial charge in [-0.1, -0.05) is 6.07 Å². The Kier molecular flexibility index (Phi) is 4.06. The van der Waals surface area contributed by atoms with Gasteiger partial charge in [0, 0.05) is 17.1 Å². The summed E-state index contributed by atoms with van der Waals surface area (Å²) in [6.07, 6.45) is 2.45. The number of aryl methyl sites for hydroxylation is 2. The van der Waals surface area contributed by atoms with Gasteiger partial charge >= 0.3 is 0 Å². The van der Waals surface area contributed by atoms with Crippen molar-refractivity contribution in [2.75, 3.05) is 17.6 Å². The molecule has 3 rings (SSSR count). The average molecular weight is 314 g/mol. The van der Waals surface area contributed by atoms with Gasteiger partial charge in [-0.3, -0.25) is 0 Å². The van der Waals surface area contributed by atoms with Crippen LogP contribution in [-0.4, -0.2) is 26.3 Å². The van der Waals surface area contributed by atoms with Gasteiger partial charge in [-0.25, -0.2) is 14.6 Å². The van der Waals surface area contributed by atoms with Crippen molar-refractivity contribution in [2.45, 2.75) is 20.3 Å². The molecule has 6 nitrogen and oxygen atoms in total. The Morgan fingerprint density at radius 3 is 2.86 bits per heavy atom. The van der Waals surface area contributed by atoms with Crippen molar-refractivity contribution in [3.63, 3.8) is 0 Å². The van der Waals surface area contributed by atoms with E-state index in [-0.39, 0.29) is 0 Å². The Labute approximate surface area is 133 Å². The van der Waals surface area contributed by atoms with Crippen molar-refractivity contribution in [1.82, 2.24) is 19.7 Å². The fourth-order valence-corrected chi connectivity index (χ4v) is 3.01. The smallest absolute Gasteiger partial charge is 0.182 e. The molecule has 7 heteroatoms. The van der Waals surface area contributed by atoms with Crippen LogP contribution < -0.4 is 11.1 Å². The van der Waals surface area contributed by atoms with E-state index in [0.29, 0.717) is 17.3 Å². The Hall–Kier alpha value is -2.41. The van der Waals surface area contributed by atoms with Gasteiger partial charge in [-0.2, -0.15) is 5.10 Å². The van der Waals surface area contributed by atoms with Gasteiger partial charge in [-0.05, 0) is 37.8 Å². The highest BCUT2D eigenvalue weighted by molar-refractivity contribution is 7.09. The maximum atomic E-state index is 6.21. The van der Waals surface area contributed by atoms with Crippen LogP contribution >= 0.6 is 11.3 Å². The molecule has 0 aromatic carbocycles. The standard InChI is InChI=1S/C15H18N6S/c1-10-8-11(2)21(20-10)15-13(16)14(18-9-19-15)17-6-5-12-4-3-7-22-12/h3-4,7-9H,5-6,16H2,1-2H3,(H,17,18,19). The predicted octanol–water partition coefficient (Wildman–Crippen LogP) is 2.58. The van der Waals surface area contributed by atoms with Gasteiger partial charge in [-0.15, -0.1) is 11.3 Å². The summed E-state index contributed by atoms with van der Waals surface area (Å²) in [4.78, 5) is 9.83. The molecule has 3 aromatic rings. The third-order valence-electron chi connectivity index (χ3n) is 3.32. The monoisotopic (exact) mass is 314 g/mol. The van der Waals surface area contributed by atoms with E-state index in [1.807, 2.05) is 19.9 Å². The van der Waals surface area contributed by atoms with Gasteiger partial charge in [0.15, 0.2) is 11.6 Å². The van der Waals surface area contributed by atoms with Gasteiger partial charge in [0.1, 0.15) is 12.0 Å². The molecule has 0 spiro atoms. The molecule has 0 saturated heterocycles. The van der Waals surface area contributed by atoms with E-state index >= 15 is 0 Å². The third-order valence-corrected chi connectivity index (χ3v) is 4.25. The lowest BCUT2D eigenvalue weighted by molar-refractivity contribution is 0.803. The molecule has 0 bridgehead atoms. The van der Waals surface area contributed by atoms with Gasteiger partial charge in [0.2, 0.25) is 0 Å². The van der Waals surface area contributed by atoms with Crippen LogP contribution in [-0.2, 0) is 6.42 Å². The Bertz CT molecular complexity index is 762. The maximum Gasteiger partial charge on any atom is 0.182 e. The van der Waals surface area contributed by atoms with Crippen LogP contribution in [0.15, 0.2) is 29.9 Å². The lowest BCUT2D eigenvalue weighted by atomic mass is 10.3. The molecule has 3 heterocycles. The molecule has 0 aliphatic heterocycles. The minimum Gasteiger partial charge on any atom is -0.393 e. The van der Waals surface area contributed by atoms with Gasteiger partial charge < -0.3 is 11.1 Å². The largest absolute Gasteiger partial charge is 0.393 e. The second kappa shape index (κ2) is 6.15. The summed E-state index contributed by atoms with van der Waals surface area (Å²) < 4.78 is 1.75. The van der Waals surface area contributed by atoms with Crippen LogP contribution in [0.3, 0.4) is 0 Å². The lowest BCUT2D eigenvalue weighted by Gasteiger charge is -2.11. The molecule has 0 aliphatic carbocycles. The zero-order valence-electron chi connectivity index (χ0n) is 12.6. The van der Waals surface area contributed by atoms with Gasteiger partial charge in [0.25, 0.3) is 0 Å². The van der Waals surface area contributed by atoms with E-state index in [2.05, 4.69) is 37.9 Å². The van der Waals surface area contributed by atoms with Crippen LogP contribution in [0.25, 0.3) is 5.82 Å². The fraction of sp³-hybridized carbons (Fsp3) is 0.267. The summed E-state index contributed by atoms with van der Waals surface area (Å²) in [6.45, 7) is 4.70. The molecule has 0 aliphatic rings. The van der Waals surface area contributed by atoms with Gasteiger partial charge in [0.05, 0.1) is 5.69 Å². The van der Waals surface area contributed by atoms with Crippen molar-refractivity contribution in [3.05, 3.63) is 46.2 Å². The summed E-state index contributed by atoms with van der Waals surface area (Å²) in [5.74, 6) is 1.26. The number of nitrogens with two attached hydrogens (primary N) is 1. The highest BCUT2D eigenvalue weighted by Gasteiger charge is 2.12. The van der Waals surface area contributed by atoms with Crippen molar-refractivity contribution in [1.29, 1.82) is 0 Å². The fourth-order valence-electron chi connectivity index (χ4n) is 2.30. The van der Waals surface area contributed by atoms with E-state index in [1.165, 1.54) is 11.2 Å². The normalized spacial score (nSPS) is 10.8. The van der Waals surface area contributed by atoms with E-state index in [1.54, 1.807) is 16.0 Å². The van der Waals surface area contributed by atoms with Crippen LogP contribution in [0.1, 0.15) is 16.3 Å². The average Bonchev–Trinajstić information content (AvgIpc) is 3.11. The van der Waals surface area contributed by atoms with Crippen LogP contribution in [0.4, 0.5) is 11.5 Å². The number of hydrogen-bond donors (Lipinski definition) is 2. The number of rotatable bonds is 5.